The SMILES string of the molecule is COC(C)(C)C(=O)NCc1ccc(Cl)c(Nc2nc3nc(OCC(F)F)c(C(=O)N[C@H]4CC[C@H](C(F)(F)F)CC4)cc3[nH]2)c1Cl. The predicted octanol–water partition coefficient (Wildman–Crippen LogP) is 6.54. The third-order valence-corrected chi connectivity index (χ3v) is 8.21. The molecule has 0 atom stereocenters. The van der Waals surface area contributed by atoms with Gasteiger partial charge in [0, 0.05) is 19.7 Å². The first kappa shape index (κ1) is 34.4. The zero-order chi connectivity index (χ0) is 33.1. The van der Waals surface area contributed by atoms with E-state index in [0.717, 1.165) is 0 Å². The molecule has 1 aliphatic rings. The summed E-state index contributed by atoms with van der Waals surface area (Å²) >= 11 is 13.0. The molecule has 1 aliphatic carbocycles. The van der Waals surface area contributed by atoms with Crippen molar-refractivity contribution in [3.63, 3.8) is 0 Å². The Kier molecular flexibility index (Phi) is 10.6. The number of pyridine rings is 1. The van der Waals surface area contributed by atoms with Crippen LogP contribution in [0.4, 0.5) is 33.6 Å². The summed E-state index contributed by atoms with van der Waals surface area (Å²) in [4.78, 5) is 36.9. The van der Waals surface area contributed by atoms with Crippen LogP contribution in [-0.4, -0.2) is 64.7 Å². The number of imidazole rings is 1. The zero-order valence-electron chi connectivity index (χ0n) is 24.4. The topological polar surface area (TPSA) is 130 Å². The molecule has 45 heavy (non-hydrogen) atoms. The number of carbonyl (C=O) groups is 2. The fourth-order valence-corrected chi connectivity index (χ4v) is 5.21. The molecule has 0 aliphatic heterocycles. The molecule has 0 bridgehead atoms. The highest BCUT2D eigenvalue weighted by Crippen LogP contribution is 2.38. The van der Waals surface area contributed by atoms with Crippen LogP contribution < -0.4 is 20.7 Å². The number of carbonyl (C=O) groups excluding carboxylic acids is 2. The summed E-state index contributed by atoms with van der Waals surface area (Å²) in [5.74, 6) is -2.90. The number of ether oxygens (including phenoxy) is 2. The number of nitrogens with one attached hydrogen (secondary N) is 4. The van der Waals surface area contributed by atoms with Gasteiger partial charge in [-0.15, -0.1) is 0 Å². The third-order valence-electron chi connectivity index (χ3n) is 7.47. The third kappa shape index (κ3) is 8.44. The number of aromatic amines is 1. The molecule has 0 saturated heterocycles. The summed E-state index contributed by atoms with van der Waals surface area (Å²) in [6.45, 7) is 2.21. The van der Waals surface area contributed by atoms with E-state index in [1.165, 1.54) is 13.2 Å². The Morgan fingerprint density at radius 3 is 2.42 bits per heavy atom. The summed E-state index contributed by atoms with van der Waals surface area (Å²) in [6.07, 6.45) is -7.25. The summed E-state index contributed by atoms with van der Waals surface area (Å²) < 4.78 is 75.4. The number of alkyl halides is 5. The molecular weight excluding hydrogens is 650 g/mol. The Morgan fingerprint density at radius 2 is 1.80 bits per heavy atom. The van der Waals surface area contributed by atoms with E-state index in [0.29, 0.717) is 5.56 Å². The molecule has 2 aromatic heterocycles. The number of methoxy groups -OCH3 is 1. The van der Waals surface area contributed by atoms with Crippen LogP contribution in [0, 0.1) is 5.92 Å². The molecule has 1 fully saturated rings. The second-order valence-electron chi connectivity index (χ2n) is 11.0. The Morgan fingerprint density at radius 1 is 1.11 bits per heavy atom. The maximum absolute atomic E-state index is 13.2. The second kappa shape index (κ2) is 13.9. The van der Waals surface area contributed by atoms with Crippen molar-refractivity contribution >= 4 is 57.8 Å². The van der Waals surface area contributed by atoms with Gasteiger partial charge in [-0.1, -0.05) is 29.3 Å². The molecule has 246 valence electrons. The van der Waals surface area contributed by atoms with Gasteiger partial charge in [0.05, 0.1) is 27.2 Å². The van der Waals surface area contributed by atoms with Gasteiger partial charge in [0.15, 0.2) is 12.3 Å². The number of halogens is 7. The fourth-order valence-electron chi connectivity index (χ4n) is 4.67. The Labute approximate surface area is 264 Å². The van der Waals surface area contributed by atoms with Gasteiger partial charge in [0.1, 0.15) is 11.2 Å². The highest BCUT2D eigenvalue weighted by atomic mass is 35.5. The molecule has 2 amide bonds. The van der Waals surface area contributed by atoms with E-state index in [2.05, 4.69) is 30.9 Å². The number of hydrogen-bond acceptors (Lipinski definition) is 7. The maximum atomic E-state index is 13.2. The summed E-state index contributed by atoms with van der Waals surface area (Å²) in [5.41, 5.74) is -0.307. The van der Waals surface area contributed by atoms with Gasteiger partial charge in [-0.05, 0) is 57.2 Å². The molecule has 0 unspecified atom stereocenters. The van der Waals surface area contributed by atoms with Crippen molar-refractivity contribution in [1.29, 1.82) is 0 Å². The van der Waals surface area contributed by atoms with Crippen molar-refractivity contribution in [2.24, 2.45) is 5.92 Å². The molecule has 0 radical (unpaired) electrons. The van der Waals surface area contributed by atoms with Gasteiger partial charge in [-0.3, -0.25) is 9.59 Å². The number of fused-ring (bicyclic) bond motifs is 1. The van der Waals surface area contributed by atoms with Crippen LogP contribution in [0.1, 0.15) is 55.5 Å². The quantitative estimate of drug-likeness (QED) is 0.169. The van der Waals surface area contributed by atoms with Crippen LogP contribution in [-0.2, 0) is 16.1 Å². The average molecular weight is 681 g/mol. The lowest BCUT2D eigenvalue weighted by molar-refractivity contribution is -0.182. The van der Waals surface area contributed by atoms with Gasteiger partial charge in [0.25, 0.3) is 18.2 Å². The Balaban J connectivity index is 1.56. The fraction of sp³-hybridized carbons (Fsp3) is 0.500. The minimum absolute atomic E-state index is 0.00135. The number of nitrogens with zero attached hydrogens (tertiary/aromatic N) is 2. The van der Waals surface area contributed by atoms with Crippen molar-refractivity contribution in [3.8, 4) is 5.88 Å². The molecule has 2 heterocycles. The zero-order valence-corrected chi connectivity index (χ0v) is 25.9. The van der Waals surface area contributed by atoms with E-state index in [1.807, 2.05) is 0 Å². The monoisotopic (exact) mass is 680 g/mol. The largest absolute Gasteiger partial charge is 0.471 e. The van der Waals surface area contributed by atoms with Crippen molar-refractivity contribution in [2.45, 2.75) is 70.3 Å². The number of amides is 2. The first-order valence-electron chi connectivity index (χ1n) is 13.9. The van der Waals surface area contributed by atoms with Crippen LogP contribution in [0.5, 0.6) is 5.88 Å². The Bertz CT molecular complexity index is 1540. The molecule has 3 aromatic rings. The summed E-state index contributed by atoms with van der Waals surface area (Å²) in [6, 6.07) is 3.93. The highest BCUT2D eigenvalue weighted by Gasteiger charge is 2.41. The highest BCUT2D eigenvalue weighted by molar-refractivity contribution is 6.39. The van der Waals surface area contributed by atoms with Gasteiger partial charge in [-0.25, -0.2) is 8.78 Å². The maximum Gasteiger partial charge on any atom is 0.391 e. The van der Waals surface area contributed by atoms with Crippen molar-refractivity contribution < 1.29 is 41.0 Å². The number of anilines is 2. The van der Waals surface area contributed by atoms with Crippen LogP contribution >= 0.6 is 23.2 Å². The summed E-state index contributed by atoms with van der Waals surface area (Å²) in [7, 11) is 1.41. The molecule has 0 spiro atoms. The van der Waals surface area contributed by atoms with E-state index < -0.39 is 48.6 Å². The number of rotatable bonds is 11. The van der Waals surface area contributed by atoms with Gasteiger partial charge >= 0.3 is 6.18 Å². The van der Waals surface area contributed by atoms with Crippen LogP contribution in [0.25, 0.3) is 11.2 Å². The van der Waals surface area contributed by atoms with Gasteiger partial charge in [0.2, 0.25) is 11.8 Å². The standard InChI is InChI=1S/C28H31Cl2F5N6O4/c1-27(2,44-3)25(43)36-11-13-4-9-17(29)21(20(13)30)39-26-38-18-10-16(24(40-22(18)41-26)45-12-19(31)32)23(42)37-15-7-5-14(6-8-15)28(33,34)35/h4,9-10,14-15,19H,5-8,11-12H2,1-3H3,(H,36,43)(H,37,42)(H2,38,39,40,41)/t14-,15-. The smallest absolute Gasteiger partial charge is 0.391 e. The lowest BCUT2D eigenvalue weighted by Gasteiger charge is -2.30. The average Bonchev–Trinajstić information content (AvgIpc) is 3.38. The molecular formula is C28H31Cl2F5N6O4. The minimum atomic E-state index is -4.31. The first-order chi connectivity index (χ1) is 21.1. The number of aromatic nitrogens is 3. The molecule has 10 nitrogen and oxygen atoms in total. The molecule has 4 N–H and O–H groups in total. The van der Waals surface area contributed by atoms with E-state index in [-0.39, 0.29) is 76.5 Å². The van der Waals surface area contributed by atoms with Crippen molar-refractivity contribution in [1.82, 2.24) is 25.6 Å². The van der Waals surface area contributed by atoms with Crippen molar-refractivity contribution in [2.75, 3.05) is 19.0 Å². The van der Waals surface area contributed by atoms with Crippen LogP contribution in [0.3, 0.4) is 0 Å². The predicted molar refractivity (Wildman–Crippen MR) is 157 cm³/mol. The van der Waals surface area contributed by atoms with E-state index in [4.69, 9.17) is 32.7 Å². The second-order valence-corrected chi connectivity index (χ2v) is 11.8. The minimum Gasteiger partial charge on any atom is -0.471 e. The van der Waals surface area contributed by atoms with Crippen LogP contribution in [0.15, 0.2) is 18.2 Å². The molecule has 1 aromatic carbocycles. The summed E-state index contributed by atoms with van der Waals surface area (Å²) in [5, 5.41) is 8.72. The lowest BCUT2D eigenvalue weighted by atomic mass is 9.85. The van der Waals surface area contributed by atoms with Crippen molar-refractivity contribution in [3.05, 3.63) is 39.4 Å². The number of H-pyrrole nitrogens is 1. The van der Waals surface area contributed by atoms with E-state index >= 15 is 0 Å². The number of benzene rings is 1. The Hall–Kier alpha value is -3.43. The van der Waals surface area contributed by atoms with E-state index in [1.54, 1.807) is 26.0 Å². The van der Waals surface area contributed by atoms with Gasteiger partial charge in [-0.2, -0.15) is 23.1 Å². The van der Waals surface area contributed by atoms with Crippen LogP contribution in [0.2, 0.25) is 10.0 Å². The molecule has 17 heteroatoms. The van der Waals surface area contributed by atoms with Gasteiger partial charge < -0.3 is 30.4 Å². The normalized spacial score (nSPS) is 17.4. The van der Waals surface area contributed by atoms with E-state index in [9.17, 15) is 31.5 Å². The lowest BCUT2D eigenvalue weighted by Crippen LogP contribution is -2.43. The first-order valence-corrected chi connectivity index (χ1v) is 14.6. The molecule has 4 rings (SSSR count). The number of hydrogen-bond donors (Lipinski definition) is 4. The molecule has 1 saturated carbocycles.